The van der Waals surface area contributed by atoms with Crippen LogP contribution in [0.2, 0.25) is 0 Å². The number of amides is 1. The van der Waals surface area contributed by atoms with Gasteiger partial charge < -0.3 is 10.4 Å². The van der Waals surface area contributed by atoms with Crippen molar-refractivity contribution >= 4 is 17.5 Å². The molecule has 0 radical (unpaired) electrons. The van der Waals surface area contributed by atoms with Crippen molar-refractivity contribution in [1.82, 2.24) is 14.7 Å². The molecule has 3 rings (SSSR count). The SMILES string of the molecule is O=C(NC(Cc1ccccc1)C(=O)O)c1cnc2ccccn2c1=O. The molecule has 0 bridgehead atoms. The number of carbonyl (C=O) groups is 2. The smallest absolute Gasteiger partial charge is 0.326 e. The van der Waals surface area contributed by atoms with Gasteiger partial charge in [-0.1, -0.05) is 36.4 Å². The molecule has 2 heterocycles. The van der Waals surface area contributed by atoms with Crippen molar-refractivity contribution < 1.29 is 14.7 Å². The van der Waals surface area contributed by atoms with Crippen molar-refractivity contribution in [3.63, 3.8) is 0 Å². The number of aliphatic carboxylic acids is 1. The van der Waals surface area contributed by atoms with E-state index in [1.165, 1.54) is 10.6 Å². The third-order valence-electron chi connectivity index (χ3n) is 3.74. The molecule has 2 aromatic heterocycles. The van der Waals surface area contributed by atoms with Gasteiger partial charge in [-0.25, -0.2) is 9.78 Å². The van der Waals surface area contributed by atoms with Crippen LogP contribution in [0.5, 0.6) is 0 Å². The predicted molar refractivity (Wildman–Crippen MR) is 90.5 cm³/mol. The zero-order chi connectivity index (χ0) is 17.8. The van der Waals surface area contributed by atoms with Crippen molar-refractivity contribution in [2.75, 3.05) is 0 Å². The summed E-state index contributed by atoms with van der Waals surface area (Å²) in [5.74, 6) is -1.94. The molecule has 0 saturated carbocycles. The minimum Gasteiger partial charge on any atom is -0.480 e. The van der Waals surface area contributed by atoms with Gasteiger partial charge in [-0.05, 0) is 17.7 Å². The number of pyridine rings is 1. The van der Waals surface area contributed by atoms with Gasteiger partial charge in [0.2, 0.25) is 0 Å². The van der Waals surface area contributed by atoms with Crippen LogP contribution in [0.15, 0.2) is 65.7 Å². The summed E-state index contributed by atoms with van der Waals surface area (Å²) >= 11 is 0. The number of nitrogens with zero attached hydrogens (tertiary/aromatic N) is 2. The molecule has 1 unspecified atom stereocenters. The number of hydrogen-bond donors (Lipinski definition) is 2. The standard InChI is InChI=1S/C18H15N3O4/c22-16(13-11-19-15-8-4-5-9-21(15)17(13)23)20-14(18(24)25)10-12-6-2-1-3-7-12/h1-9,11,14H,10H2,(H,20,22)(H,24,25). The van der Waals surface area contributed by atoms with Crippen LogP contribution in [0.3, 0.4) is 0 Å². The normalized spacial score (nSPS) is 11.8. The molecule has 0 aliphatic rings. The molecule has 1 atom stereocenters. The first kappa shape index (κ1) is 16.4. The molecule has 7 heteroatoms. The number of aromatic nitrogens is 2. The number of nitrogens with one attached hydrogen (secondary N) is 1. The van der Waals surface area contributed by atoms with E-state index < -0.39 is 23.5 Å². The van der Waals surface area contributed by atoms with E-state index in [-0.39, 0.29) is 12.0 Å². The molecule has 2 N–H and O–H groups in total. The highest BCUT2D eigenvalue weighted by molar-refractivity contribution is 5.96. The van der Waals surface area contributed by atoms with Gasteiger partial charge in [-0.2, -0.15) is 0 Å². The highest BCUT2D eigenvalue weighted by atomic mass is 16.4. The van der Waals surface area contributed by atoms with E-state index in [1.807, 2.05) is 6.07 Å². The monoisotopic (exact) mass is 337 g/mol. The van der Waals surface area contributed by atoms with Crippen LogP contribution < -0.4 is 10.9 Å². The third-order valence-corrected chi connectivity index (χ3v) is 3.74. The van der Waals surface area contributed by atoms with Crippen LogP contribution in [0.4, 0.5) is 0 Å². The summed E-state index contributed by atoms with van der Waals surface area (Å²) in [7, 11) is 0. The van der Waals surface area contributed by atoms with Crippen molar-refractivity contribution in [2.45, 2.75) is 12.5 Å². The van der Waals surface area contributed by atoms with Gasteiger partial charge in [0.15, 0.2) is 0 Å². The van der Waals surface area contributed by atoms with E-state index >= 15 is 0 Å². The van der Waals surface area contributed by atoms with Gasteiger partial charge in [-0.3, -0.25) is 14.0 Å². The summed E-state index contributed by atoms with van der Waals surface area (Å²) in [6.45, 7) is 0. The van der Waals surface area contributed by atoms with Gasteiger partial charge in [0.25, 0.3) is 11.5 Å². The number of hydrogen-bond acceptors (Lipinski definition) is 4. The predicted octanol–water partition coefficient (Wildman–Crippen LogP) is 1.12. The van der Waals surface area contributed by atoms with Gasteiger partial charge in [-0.15, -0.1) is 0 Å². The van der Waals surface area contributed by atoms with E-state index in [4.69, 9.17) is 0 Å². The summed E-state index contributed by atoms with van der Waals surface area (Å²) in [5, 5.41) is 11.8. The summed E-state index contributed by atoms with van der Waals surface area (Å²) in [4.78, 5) is 40.3. The van der Waals surface area contributed by atoms with Crippen LogP contribution >= 0.6 is 0 Å². The van der Waals surface area contributed by atoms with Gasteiger partial charge >= 0.3 is 5.97 Å². The highest BCUT2D eigenvalue weighted by Gasteiger charge is 2.23. The first-order valence-electron chi connectivity index (χ1n) is 7.60. The van der Waals surface area contributed by atoms with Gasteiger partial charge in [0, 0.05) is 18.8 Å². The molecule has 0 fully saturated rings. The summed E-state index contributed by atoms with van der Waals surface area (Å²) < 4.78 is 1.24. The molecule has 7 nitrogen and oxygen atoms in total. The maximum Gasteiger partial charge on any atom is 0.326 e. The van der Waals surface area contributed by atoms with E-state index in [1.54, 1.807) is 42.5 Å². The zero-order valence-corrected chi connectivity index (χ0v) is 13.1. The van der Waals surface area contributed by atoms with E-state index in [2.05, 4.69) is 10.3 Å². The van der Waals surface area contributed by atoms with Crippen molar-refractivity contribution in [2.24, 2.45) is 0 Å². The quantitative estimate of drug-likeness (QED) is 0.726. The molecule has 3 aromatic rings. The fourth-order valence-corrected chi connectivity index (χ4v) is 2.47. The lowest BCUT2D eigenvalue weighted by molar-refractivity contribution is -0.139. The molecule has 0 aliphatic carbocycles. The molecule has 1 amide bonds. The van der Waals surface area contributed by atoms with Crippen LogP contribution in [-0.4, -0.2) is 32.4 Å². The highest BCUT2D eigenvalue weighted by Crippen LogP contribution is 2.05. The Bertz CT molecular complexity index is 982. The number of carboxylic acids is 1. The Kier molecular flexibility index (Phi) is 4.56. The fraction of sp³-hybridized carbons (Fsp3) is 0.111. The van der Waals surface area contributed by atoms with E-state index in [0.29, 0.717) is 5.65 Å². The Morgan fingerprint density at radius 3 is 2.56 bits per heavy atom. The van der Waals surface area contributed by atoms with E-state index in [9.17, 15) is 19.5 Å². The van der Waals surface area contributed by atoms with Crippen LogP contribution in [0.25, 0.3) is 5.65 Å². The number of benzene rings is 1. The lowest BCUT2D eigenvalue weighted by atomic mass is 10.1. The molecular weight excluding hydrogens is 322 g/mol. The Balaban J connectivity index is 1.86. The van der Waals surface area contributed by atoms with Gasteiger partial charge in [0.1, 0.15) is 17.3 Å². The summed E-state index contributed by atoms with van der Waals surface area (Å²) in [6, 6.07) is 12.8. The second kappa shape index (κ2) is 6.96. The van der Waals surface area contributed by atoms with Crippen LogP contribution in [0.1, 0.15) is 15.9 Å². The van der Waals surface area contributed by atoms with E-state index in [0.717, 1.165) is 11.8 Å². The zero-order valence-electron chi connectivity index (χ0n) is 13.1. The maximum absolute atomic E-state index is 12.4. The molecule has 0 saturated heterocycles. The first-order chi connectivity index (χ1) is 12.1. The van der Waals surface area contributed by atoms with Crippen LogP contribution in [0, 0.1) is 0 Å². The lowest BCUT2D eigenvalue weighted by Crippen LogP contribution is -2.44. The molecule has 1 aromatic carbocycles. The first-order valence-corrected chi connectivity index (χ1v) is 7.60. The molecular formula is C18H15N3O4. The fourth-order valence-electron chi connectivity index (χ4n) is 2.47. The van der Waals surface area contributed by atoms with Gasteiger partial charge in [0.05, 0.1) is 0 Å². The molecule has 126 valence electrons. The second-order valence-electron chi connectivity index (χ2n) is 5.46. The van der Waals surface area contributed by atoms with Crippen molar-refractivity contribution in [3.05, 3.63) is 82.4 Å². The minimum atomic E-state index is -1.17. The van der Waals surface area contributed by atoms with Crippen molar-refractivity contribution in [3.8, 4) is 0 Å². The van der Waals surface area contributed by atoms with Crippen molar-refractivity contribution in [1.29, 1.82) is 0 Å². The number of fused-ring (bicyclic) bond motifs is 1. The third kappa shape index (κ3) is 3.55. The Morgan fingerprint density at radius 1 is 1.12 bits per heavy atom. The topological polar surface area (TPSA) is 101 Å². The molecule has 25 heavy (non-hydrogen) atoms. The Morgan fingerprint density at radius 2 is 1.84 bits per heavy atom. The Labute approximate surface area is 142 Å². The molecule has 0 aliphatic heterocycles. The average Bonchev–Trinajstić information content (AvgIpc) is 2.62. The van der Waals surface area contributed by atoms with Crippen LogP contribution in [-0.2, 0) is 11.2 Å². The molecule has 0 spiro atoms. The number of carboxylic acid groups (broad SMARTS) is 1. The maximum atomic E-state index is 12.4. The minimum absolute atomic E-state index is 0.115. The lowest BCUT2D eigenvalue weighted by Gasteiger charge is -2.14. The number of rotatable bonds is 5. The number of carbonyl (C=O) groups excluding carboxylic acids is 1. The second-order valence-corrected chi connectivity index (χ2v) is 5.46. The Hall–Kier alpha value is -3.48. The summed E-state index contributed by atoms with van der Waals surface area (Å²) in [6.07, 6.45) is 2.78. The largest absolute Gasteiger partial charge is 0.480 e. The average molecular weight is 337 g/mol. The summed E-state index contributed by atoms with van der Waals surface area (Å²) in [5.41, 5.74) is 0.418.